The van der Waals surface area contributed by atoms with Crippen LogP contribution in [0.5, 0.6) is 11.6 Å². The second-order valence-electron chi connectivity index (χ2n) is 4.03. The fourth-order valence-electron chi connectivity index (χ4n) is 1.76. The van der Waals surface area contributed by atoms with Crippen molar-refractivity contribution in [2.75, 3.05) is 0 Å². The lowest BCUT2D eigenvalue weighted by atomic mass is 10.2. The van der Waals surface area contributed by atoms with Gasteiger partial charge >= 0.3 is 0 Å². The number of hydrogen-bond donors (Lipinski definition) is 0. The fraction of sp³-hybridized carbons (Fsp3) is 0.417. The highest BCUT2D eigenvalue weighted by Crippen LogP contribution is 2.30. The molecule has 0 amide bonds. The molecule has 0 saturated heterocycles. The van der Waals surface area contributed by atoms with Gasteiger partial charge in [0.15, 0.2) is 5.75 Å². The van der Waals surface area contributed by atoms with Gasteiger partial charge in [-0.15, -0.1) is 0 Å². The van der Waals surface area contributed by atoms with E-state index in [4.69, 9.17) is 16.3 Å². The number of hydrogen-bond acceptors (Lipinski definition) is 4. The highest BCUT2D eigenvalue weighted by atomic mass is 35.5. The Bertz CT molecular complexity index is 580. The van der Waals surface area contributed by atoms with Gasteiger partial charge in [-0.1, -0.05) is 18.5 Å². The van der Waals surface area contributed by atoms with E-state index < -0.39 is 0 Å². The standard InChI is InChI=1S/C12H15ClN4O/c1-5-9-11(13)14-6-15-12(9)18-10-7(2)16-17(4)8(10)3/h6H,5H2,1-4H3. The maximum Gasteiger partial charge on any atom is 0.227 e. The molecule has 0 radical (unpaired) electrons. The van der Waals surface area contributed by atoms with E-state index in [0.29, 0.717) is 17.5 Å². The van der Waals surface area contributed by atoms with Crippen LogP contribution in [0.3, 0.4) is 0 Å². The molecule has 2 aromatic heterocycles. The zero-order valence-corrected chi connectivity index (χ0v) is 11.6. The number of ether oxygens (including phenoxy) is 1. The summed E-state index contributed by atoms with van der Waals surface area (Å²) in [6.45, 7) is 5.83. The molecule has 0 aliphatic carbocycles. The molecule has 5 nitrogen and oxygen atoms in total. The summed E-state index contributed by atoms with van der Waals surface area (Å²) in [4.78, 5) is 8.10. The number of rotatable bonds is 3. The van der Waals surface area contributed by atoms with Crippen molar-refractivity contribution in [3.8, 4) is 11.6 Å². The molecule has 2 aromatic rings. The van der Waals surface area contributed by atoms with Gasteiger partial charge in [0.1, 0.15) is 17.2 Å². The number of nitrogens with zero attached hydrogens (tertiary/aromatic N) is 4. The minimum atomic E-state index is 0.432. The lowest BCUT2D eigenvalue weighted by Gasteiger charge is -2.09. The lowest BCUT2D eigenvalue weighted by molar-refractivity contribution is 0.447. The summed E-state index contributed by atoms with van der Waals surface area (Å²) < 4.78 is 7.62. The van der Waals surface area contributed by atoms with E-state index >= 15 is 0 Å². The fourth-order valence-corrected chi connectivity index (χ4v) is 2.02. The third-order valence-corrected chi connectivity index (χ3v) is 3.17. The maximum absolute atomic E-state index is 6.03. The van der Waals surface area contributed by atoms with Crippen LogP contribution in [0.25, 0.3) is 0 Å². The van der Waals surface area contributed by atoms with E-state index in [0.717, 1.165) is 22.7 Å². The van der Waals surface area contributed by atoms with Crippen LogP contribution in [0.4, 0.5) is 0 Å². The molecule has 6 heteroatoms. The molecule has 2 rings (SSSR count). The topological polar surface area (TPSA) is 52.8 Å². The van der Waals surface area contributed by atoms with Gasteiger partial charge in [0, 0.05) is 7.05 Å². The van der Waals surface area contributed by atoms with Crippen LogP contribution in [0.2, 0.25) is 5.15 Å². The predicted octanol–water partition coefficient (Wildman–Crippen LogP) is 2.84. The minimum Gasteiger partial charge on any atom is -0.435 e. The summed E-state index contributed by atoms with van der Waals surface area (Å²) >= 11 is 6.03. The first-order chi connectivity index (χ1) is 8.54. The molecule has 0 aliphatic rings. The maximum atomic E-state index is 6.03. The average Bonchev–Trinajstić information content (AvgIpc) is 2.56. The van der Waals surface area contributed by atoms with Crippen molar-refractivity contribution in [1.82, 2.24) is 19.7 Å². The first kappa shape index (κ1) is 12.8. The van der Waals surface area contributed by atoms with E-state index in [1.165, 1.54) is 6.33 Å². The summed E-state index contributed by atoms with van der Waals surface area (Å²) in [5, 5.41) is 4.73. The van der Waals surface area contributed by atoms with Crippen molar-refractivity contribution in [2.24, 2.45) is 7.05 Å². The molecular weight excluding hydrogens is 252 g/mol. The first-order valence-electron chi connectivity index (χ1n) is 5.72. The number of aromatic nitrogens is 4. The first-order valence-corrected chi connectivity index (χ1v) is 6.09. The summed E-state index contributed by atoms with van der Waals surface area (Å²) in [6.07, 6.45) is 2.12. The van der Waals surface area contributed by atoms with Gasteiger partial charge < -0.3 is 4.74 Å². The highest BCUT2D eigenvalue weighted by molar-refractivity contribution is 6.30. The Morgan fingerprint density at radius 2 is 2.06 bits per heavy atom. The average molecular weight is 267 g/mol. The molecule has 0 aromatic carbocycles. The molecule has 0 spiro atoms. The van der Waals surface area contributed by atoms with E-state index in [1.54, 1.807) is 4.68 Å². The van der Waals surface area contributed by atoms with Gasteiger partial charge in [-0.05, 0) is 20.3 Å². The normalized spacial score (nSPS) is 10.7. The summed E-state index contributed by atoms with van der Waals surface area (Å²) in [5.41, 5.74) is 2.58. The number of aryl methyl sites for hydroxylation is 2. The molecular formula is C12H15ClN4O. The largest absolute Gasteiger partial charge is 0.435 e. The van der Waals surface area contributed by atoms with Crippen molar-refractivity contribution >= 4 is 11.6 Å². The highest BCUT2D eigenvalue weighted by Gasteiger charge is 2.16. The Balaban J connectivity index is 2.43. The van der Waals surface area contributed by atoms with Gasteiger partial charge in [-0.2, -0.15) is 5.10 Å². The van der Waals surface area contributed by atoms with Crippen LogP contribution < -0.4 is 4.74 Å². The quantitative estimate of drug-likeness (QED) is 0.802. The van der Waals surface area contributed by atoms with Crippen LogP contribution in [0.1, 0.15) is 23.9 Å². The summed E-state index contributed by atoms with van der Waals surface area (Å²) in [7, 11) is 1.88. The Labute approximate surface area is 111 Å². The minimum absolute atomic E-state index is 0.432. The molecule has 96 valence electrons. The third-order valence-electron chi connectivity index (χ3n) is 2.85. The smallest absolute Gasteiger partial charge is 0.227 e. The third kappa shape index (κ3) is 2.18. The van der Waals surface area contributed by atoms with Crippen LogP contribution in [-0.4, -0.2) is 19.7 Å². The van der Waals surface area contributed by atoms with Crippen LogP contribution in [-0.2, 0) is 13.5 Å². The molecule has 2 heterocycles. The molecule has 0 bridgehead atoms. The van der Waals surface area contributed by atoms with Crippen molar-refractivity contribution < 1.29 is 4.74 Å². The van der Waals surface area contributed by atoms with Crippen LogP contribution in [0, 0.1) is 13.8 Å². The molecule has 0 aliphatic heterocycles. The van der Waals surface area contributed by atoms with Gasteiger partial charge in [-0.3, -0.25) is 4.68 Å². The molecule has 0 unspecified atom stereocenters. The van der Waals surface area contributed by atoms with Crippen molar-refractivity contribution in [3.63, 3.8) is 0 Å². The van der Waals surface area contributed by atoms with E-state index in [2.05, 4.69) is 15.1 Å². The Kier molecular flexibility index (Phi) is 3.52. The van der Waals surface area contributed by atoms with E-state index in [9.17, 15) is 0 Å². The predicted molar refractivity (Wildman–Crippen MR) is 69.2 cm³/mol. The van der Waals surface area contributed by atoms with Crippen LogP contribution >= 0.6 is 11.6 Å². The van der Waals surface area contributed by atoms with Gasteiger partial charge in [0.05, 0.1) is 11.3 Å². The van der Waals surface area contributed by atoms with Crippen LogP contribution in [0.15, 0.2) is 6.33 Å². The SMILES string of the molecule is CCc1c(Cl)ncnc1Oc1c(C)nn(C)c1C. The van der Waals surface area contributed by atoms with Crippen molar-refractivity contribution in [3.05, 3.63) is 28.4 Å². The molecule has 0 saturated carbocycles. The lowest BCUT2D eigenvalue weighted by Crippen LogP contribution is -1.98. The van der Waals surface area contributed by atoms with Gasteiger partial charge in [0.2, 0.25) is 5.88 Å². The Morgan fingerprint density at radius 3 is 2.61 bits per heavy atom. The zero-order chi connectivity index (χ0) is 13.3. The monoisotopic (exact) mass is 266 g/mol. The van der Waals surface area contributed by atoms with Crippen molar-refractivity contribution in [1.29, 1.82) is 0 Å². The Hall–Kier alpha value is -1.62. The molecule has 0 fully saturated rings. The van der Waals surface area contributed by atoms with Crippen molar-refractivity contribution in [2.45, 2.75) is 27.2 Å². The molecule has 18 heavy (non-hydrogen) atoms. The summed E-state index contributed by atoms with van der Waals surface area (Å²) in [5.74, 6) is 1.22. The summed E-state index contributed by atoms with van der Waals surface area (Å²) in [6, 6.07) is 0. The van der Waals surface area contributed by atoms with E-state index in [1.807, 2.05) is 27.8 Å². The molecule has 0 atom stereocenters. The Morgan fingerprint density at radius 1 is 1.33 bits per heavy atom. The zero-order valence-electron chi connectivity index (χ0n) is 10.9. The second kappa shape index (κ2) is 4.94. The van der Waals surface area contributed by atoms with Gasteiger partial charge in [-0.25, -0.2) is 9.97 Å². The second-order valence-corrected chi connectivity index (χ2v) is 4.39. The van der Waals surface area contributed by atoms with Gasteiger partial charge in [0.25, 0.3) is 0 Å². The molecule has 0 N–H and O–H groups in total. The number of halogens is 1. The van der Waals surface area contributed by atoms with E-state index in [-0.39, 0.29) is 0 Å².